The van der Waals surface area contributed by atoms with E-state index in [1.165, 1.54) is 24.1 Å². The first-order valence-corrected chi connectivity index (χ1v) is 9.54. The largest absolute Gasteiger partial charge is 0.416 e. The lowest BCUT2D eigenvalue weighted by Crippen LogP contribution is -2.35. The number of alkyl halides is 3. The van der Waals surface area contributed by atoms with Crippen molar-refractivity contribution in [1.29, 1.82) is 0 Å². The number of carbonyl (C=O) groups is 2. The molecule has 1 atom stereocenters. The summed E-state index contributed by atoms with van der Waals surface area (Å²) < 4.78 is 59.5. The Morgan fingerprint density at radius 2 is 1.94 bits per heavy atom. The van der Waals surface area contributed by atoms with Gasteiger partial charge in [0, 0.05) is 37.2 Å². The van der Waals surface area contributed by atoms with E-state index in [9.17, 15) is 32.3 Å². The SMILES string of the molecule is CN1CCC(O)(c2cc(-c3ccc(F)c(-c4cc(C(F)(F)F)cc(C(N)=O)n4)c3)no2)C1=O. The molecule has 0 spiro atoms. The Hall–Kier alpha value is -3.80. The van der Waals surface area contributed by atoms with Gasteiger partial charge in [0.15, 0.2) is 5.76 Å². The minimum atomic E-state index is -4.83. The highest BCUT2D eigenvalue weighted by Gasteiger charge is 2.48. The van der Waals surface area contributed by atoms with Crippen LogP contribution >= 0.6 is 0 Å². The first-order chi connectivity index (χ1) is 15.4. The zero-order valence-electron chi connectivity index (χ0n) is 17.0. The number of benzene rings is 1. The van der Waals surface area contributed by atoms with Crippen LogP contribution in [0.3, 0.4) is 0 Å². The molecule has 3 heterocycles. The third-order valence-corrected chi connectivity index (χ3v) is 5.37. The number of pyridine rings is 1. The van der Waals surface area contributed by atoms with Gasteiger partial charge >= 0.3 is 6.18 Å². The number of likely N-dealkylation sites (N-methyl/N-ethyl adjacent to an activating group) is 1. The fourth-order valence-electron chi connectivity index (χ4n) is 3.53. The maximum atomic E-state index is 14.6. The summed E-state index contributed by atoms with van der Waals surface area (Å²) in [5, 5.41) is 14.5. The van der Waals surface area contributed by atoms with E-state index in [2.05, 4.69) is 10.1 Å². The van der Waals surface area contributed by atoms with Crippen LogP contribution in [0.2, 0.25) is 0 Å². The minimum Gasteiger partial charge on any atom is -0.373 e. The van der Waals surface area contributed by atoms with E-state index in [4.69, 9.17) is 10.3 Å². The summed E-state index contributed by atoms with van der Waals surface area (Å²) in [5.74, 6) is -2.81. The Kier molecular flexibility index (Phi) is 5.20. The zero-order chi connectivity index (χ0) is 24.1. The molecule has 0 saturated carbocycles. The molecule has 2 aromatic heterocycles. The second-order valence-corrected chi connectivity index (χ2v) is 7.60. The average molecular weight is 464 g/mol. The third kappa shape index (κ3) is 3.93. The summed E-state index contributed by atoms with van der Waals surface area (Å²) >= 11 is 0. The number of aliphatic hydroxyl groups is 1. The molecule has 172 valence electrons. The van der Waals surface area contributed by atoms with E-state index in [0.29, 0.717) is 18.7 Å². The molecule has 3 N–H and O–H groups in total. The molecule has 33 heavy (non-hydrogen) atoms. The predicted molar refractivity (Wildman–Crippen MR) is 105 cm³/mol. The number of nitrogens with two attached hydrogens (primary N) is 1. The van der Waals surface area contributed by atoms with Crippen molar-refractivity contribution in [3.63, 3.8) is 0 Å². The summed E-state index contributed by atoms with van der Waals surface area (Å²) in [7, 11) is 1.52. The van der Waals surface area contributed by atoms with E-state index in [0.717, 1.165) is 12.1 Å². The number of rotatable bonds is 4. The normalized spacial score (nSPS) is 18.7. The quantitative estimate of drug-likeness (QED) is 0.573. The van der Waals surface area contributed by atoms with Crippen LogP contribution in [0.4, 0.5) is 17.6 Å². The number of primary amides is 1. The molecule has 1 fully saturated rings. The minimum absolute atomic E-state index is 0.0791. The first kappa shape index (κ1) is 22.4. The van der Waals surface area contributed by atoms with Gasteiger partial charge in [0.25, 0.3) is 11.8 Å². The number of nitrogens with zero attached hydrogens (tertiary/aromatic N) is 3. The van der Waals surface area contributed by atoms with Crippen LogP contribution in [0.15, 0.2) is 40.9 Å². The number of aromatic nitrogens is 2. The molecule has 1 unspecified atom stereocenters. The van der Waals surface area contributed by atoms with Gasteiger partial charge in [0.1, 0.15) is 17.2 Å². The maximum Gasteiger partial charge on any atom is 0.416 e. The van der Waals surface area contributed by atoms with Crippen LogP contribution in [-0.2, 0) is 16.6 Å². The van der Waals surface area contributed by atoms with E-state index < -0.39 is 46.4 Å². The lowest BCUT2D eigenvalue weighted by molar-refractivity contribution is -0.144. The van der Waals surface area contributed by atoms with Crippen LogP contribution in [0, 0.1) is 5.82 Å². The van der Waals surface area contributed by atoms with Crippen molar-refractivity contribution in [1.82, 2.24) is 15.0 Å². The van der Waals surface area contributed by atoms with Crippen LogP contribution < -0.4 is 5.73 Å². The Bertz CT molecular complexity index is 1270. The highest BCUT2D eigenvalue weighted by atomic mass is 19.4. The van der Waals surface area contributed by atoms with Gasteiger partial charge < -0.3 is 20.3 Å². The Morgan fingerprint density at radius 1 is 1.21 bits per heavy atom. The molecule has 3 aromatic rings. The van der Waals surface area contributed by atoms with Gasteiger partial charge in [-0.2, -0.15) is 13.2 Å². The number of halogens is 4. The van der Waals surface area contributed by atoms with Crippen molar-refractivity contribution in [3.05, 3.63) is 59.2 Å². The topological polar surface area (TPSA) is 123 Å². The second kappa shape index (κ2) is 7.66. The molecular formula is C21H16F4N4O4. The van der Waals surface area contributed by atoms with Gasteiger partial charge in [-0.15, -0.1) is 0 Å². The fourth-order valence-corrected chi connectivity index (χ4v) is 3.53. The maximum absolute atomic E-state index is 14.6. The molecule has 0 radical (unpaired) electrons. The van der Waals surface area contributed by atoms with E-state index in [1.807, 2.05) is 0 Å². The summed E-state index contributed by atoms with van der Waals surface area (Å²) in [6.45, 7) is 0.301. The second-order valence-electron chi connectivity index (χ2n) is 7.60. The molecule has 4 rings (SSSR count). The van der Waals surface area contributed by atoms with E-state index in [-0.39, 0.29) is 29.0 Å². The zero-order valence-corrected chi connectivity index (χ0v) is 17.0. The Balaban J connectivity index is 1.78. The molecule has 8 nitrogen and oxygen atoms in total. The lowest BCUT2D eigenvalue weighted by atomic mass is 9.97. The van der Waals surface area contributed by atoms with Gasteiger partial charge in [-0.05, 0) is 30.3 Å². The highest BCUT2D eigenvalue weighted by molar-refractivity contribution is 5.92. The number of amides is 2. The van der Waals surface area contributed by atoms with Crippen LogP contribution in [0.5, 0.6) is 0 Å². The molecule has 1 aliphatic rings. The van der Waals surface area contributed by atoms with Crippen LogP contribution in [0.1, 0.15) is 28.2 Å². The molecule has 1 aromatic carbocycles. The average Bonchev–Trinajstić information content (AvgIpc) is 3.35. The summed E-state index contributed by atoms with van der Waals surface area (Å²) in [5.41, 5.74) is 0.786. The fraction of sp³-hybridized carbons (Fsp3) is 0.238. The van der Waals surface area contributed by atoms with Crippen molar-refractivity contribution in [3.8, 4) is 22.5 Å². The standard InChI is InChI=1S/C21H16F4N4O4/c1-29-5-4-20(32,19(29)31)17-9-14(28-33-17)10-2-3-13(22)12(6-10)15-7-11(21(23,24)25)8-16(27-15)18(26)30/h2-3,6-9,32H,4-5H2,1H3,(H2,26,30). The third-order valence-electron chi connectivity index (χ3n) is 5.37. The van der Waals surface area contributed by atoms with Crippen molar-refractivity contribution in [2.24, 2.45) is 5.73 Å². The van der Waals surface area contributed by atoms with E-state index in [1.54, 1.807) is 0 Å². The molecule has 2 amide bonds. The van der Waals surface area contributed by atoms with E-state index >= 15 is 0 Å². The smallest absolute Gasteiger partial charge is 0.373 e. The Morgan fingerprint density at radius 3 is 2.55 bits per heavy atom. The molecule has 12 heteroatoms. The van der Waals surface area contributed by atoms with Crippen LogP contribution in [-0.4, -0.2) is 45.6 Å². The monoisotopic (exact) mass is 464 g/mol. The predicted octanol–water partition coefficient (Wildman–Crippen LogP) is 2.71. The van der Waals surface area contributed by atoms with Crippen LogP contribution in [0.25, 0.3) is 22.5 Å². The molecule has 1 aliphatic heterocycles. The number of hydrogen-bond acceptors (Lipinski definition) is 6. The molecule has 1 saturated heterocycles. The van der Waals surface area contributed by atoms with Gasteiger partial charge in [0.2, 0.25) is 5.60 Å². The summed E-state index contributed by atoms with van der Waals surface area (Å²) in [4.78, 5) is 28.8. The molecular weight excluding hydrogens is 448 g/mol. The molecule has 0 bridgehead atoms. The number of likely N-dealkylation sites (tertiary alicyclic amines) is 1. The van der Waals surface area contributed by atoms with Crippen molar-refractivity contribution in [2.75, 3.05) is 13.6 Å². The van der Waals surface area contributed by atoms with Crippen molar-refractivity contribution in [2.45, 2.75) is 18.2 Å². The highest BCUT2D eigenvalue weighted by Crippen LogP contribution is 2.37. The lowest BCUT2D eigenvalue weighted by Gasteiger charge is -2.16. The van der Waals surface area contributed by atoms with Gasteiger partial charge in [0.05, 0.1) is 11.3 Å². The first-order valence-electron chi connectivity index (χ1n) is 9.54. The Labute approximate surface area is 183 Å². The van der Waals surface area contributed by atoms with Crippen molar-refractivity contribution >= 4 is 11.8 Å². The van der Waals surface area contributed by atoms with Gasteiger partial charge in [-0.1, -0.05) is 5.16 Å². The number of hydrogen-bond donors (Lipinski definition) is 2. The summed E-state index contributed by atoms with van der Waals surface area (Å²) in [6, 6.07) is 5.80. The van der Waals surface area contributed by atoms with Gasteiger partial charge in [-0.3, -0.25) is 9.59 Å². The number of carbonyl (C=O) groups excluding carboxylic acids is 2. The van der Waals surface area contributed by atoms with Crippen molar-refractivity contribution < 1.29 is 36.8 Å². The summed E-state index contributed by atoms with van der Waals surface area (Å²) in [6.07, 6.45) is -4.75. The van der Waals surface area contributed by atoms with Gasteiger partial charge in [-0.25, -0.2) is 9.37 Å². The molecule has 0 aliphatic carbocycles.